The molecule has 0 saturated carbocycles. The Bertz CT molecular complexity index is 949. The van der Waals surface area contributed by atoms with Crippen molar-refractivity contribution in [3.05, 3.63) is 50.7 Å². The number of aliphatic hydroxyl groups is 1. The predicted molar refractivity (Wildman–Crippen MR) is 95.5 cm³/mol. The van der Waals surface area contributed by atoms with Crippen molar-refractivity contribution in [1.82, 2.24) is 15.0 Å². The lowest BCUT2D eigenvalue weighted by Crippen LogP contribution is -2.10. The highest BCUT2D eigenvalue weighted by atomic mass is 32.1. The second-order valence-electron chi connectivity index (χ2n) is 5.75. The van der Waals surface area contributed by atoms with E-state index in [2.05, 4.69) is 15.0 Å². The molecule has 0 radical (unpaired) electrons. The van der Waals surface area contributed by atoms with Gasteiger partial charge < -0.3 is 5.11 Å². The molecule has 142 valence electrons. The van der Waals surface area contributed by atoms with Crippen LogP contribution in [0.15, 0.2) is 23.7 Å². The molecule has 3 aromatic rings. The number of aromatic nitrogens is 3. The maximum absolute atomic E-state index is 12.5. The lowest BCUT2D eigenvalue weighted by atomic mass is 10.1. The SMILES string of the molecule is Cc1nc(CO)sc1-c1csc(CC(=O)Cc2ccc(C(F)(F)F)nc2)n1. The van der Waals surface area contributed by atoms with Crippen LogP contribution < -0.4 is 0 Å². The normalized spacial score (nSPS) is 11.7. The van der Waals surface area contributed by atoms with Gasteiger partial charge in [0, 0.05) is 18.0 Å². The van der Waals surface area contributed by atoms with Crippen LogP contribution in [-0.2, 0) is 30.4 Å². The van der Waals surface area contributed by atoms with Crippen molar-refractivity contribution in [3.63, 3.8) is 0 Å². The molecule has 0 saturated heterocycles. The summed E-state index contributed by atoms with van der Waals surface area (Å²) in [6.45, 7) is 1.69. The van der Waals surface area contributed by atoms with E-state index in [0.29, 0.717) is 21.3 Å². The fourth-order valence-electron chi connectivity index (χ4n) is 2.41. The quantitative estimate of drug-likeness (QED) is 0.665. The zero-order chi connectivity index (χ0) is 19.6. The van der Waals surface area contributed by atoms with Crippen LogP contribution in [0.25, 0.3) is 10.6 Å². The fourth-order valence-corrected chi connectivity index (χ4v) is 4.18. The zero-order valence-electron chi connectivity index (χ0n) is 14.1. The van der Waals surface area contributed by atoms with Gasteiger partial charge in [0.05, 0.1) is 29.3 Å². The number of rotatable bonds is 6. The van der Waals surface area contributed by atoms with Crippen LogP contribution in [0.1, 0.15) is 27.0 Å². The Kier molecular flexibility index (Phi) is 5.68. The van der Waals surface area contributed by atoms with Crippen molar-refractivity contribution in [3.8, 4) is 10.6 Å². The van der Waals surface area contributed by atoms with Crippen molar-refractivity contribution >= 4 is 28.5 Å². The molecule has 0 fully saturated rings. The number of aliphatic hydroxyl groups excluding tert-OH is 1. The Balaban J connectivity index is 1.65. The molecule has 0 aliphatic rings. The highest BCUT2D eigenvalue weighted by molar-refractivity contribution is 7.16. The molecule has 0 spiro atoms. The molecule has 3 rings (SSSR count). The van der Waals surface area contributed by atoms with E-state index in [1.165, 1.54) is 28.7 Å². The third-order valence-electron chi connectivity index (χ3n) is 3.63. The number of carbonyl (C=O) groups is 1. The maximum Gasteiger partial charge on any atom is 0.433 e. The largest absolute Gasteiger partial charge is 0.433 e. The van der Waals surface area contributed by atoms with Crippen LogP contribution in [0.4, 0.5) is 13.2 Å². The third kappa shape index (κ3) is 4.76. The summed E-state index contributed by atoms with van der Waals surface area (Å²) in [6.07, 6.45) is -3.33. The molecule has 27 heavy (non-hydrogen) atoms. The van der Waals surface area contributed by atoms with E-state index < -0.39 is 11.9 Å². The summed E-state index contributed by atoms with van der Waals surface area (Å²) < 4.78 is 37.5. The van der Waals surface area contributed by atoms with Crippen LogP contribution in [0.5, 0.6) is 0 Å². The van der Waals surface area contributed by atoms with Gasteiger partial charge in [0.2, 0.25) is 0 Å². The molecular formula is C17H14F3N3O2S2. The standard InChI is InChI=1S/C17H14F3N3O2S2/c1-9-16(27-15(7-24)22-9)12-8-26-14(23-12)5-11(25)4-10-2-3-13(21-6-10)17(18,19)20/h2-3,6,8,24H,4-5,7H2,1H3. The predicted octanol–water partition coefficient (Wildman–Crippen LogP) is 3.84. The number of thiazole rings is 2. The summed E-state index contributed by atoms with van der Waals surface area (Å²) in [6, 6.07) is 2.13. The minimum atomic E-state index is -4.50. The molecule has 0 aliphatic heterocycles. The molecule has 0 bridgehead atoms. The van der Waals surface area contributed by atoms with Crippen molar-refractivity contribution in [2.45, 2.75) is 32.5 Å². The average Bonchev–Trinajstić information content (AvgIpc) is 3.20. The number of alkyl halides is 3. The highest BCUT2D eigenvalue weighted by Gasteiger charge is 2.32. The van der Waals surface area contributed by atoms with Gasteiger partial charge in [0.15, 0.2) is 0 Å². The zero-order valence-corrected chi connectivity index (χ0v) is 15.7. The number of carbonyl (C=O) groups excluding carboxylic acids is 1. The Labute approximate surface area is 160 Å². The number of pyridine rings is 1. The van der Waals surface area contributed by atoms with Gasteiger partial charge in [-0.1, -0.05) is 6.07 Å². The molecule has 3 aromatic heterocycles. The van der Waals surface area contributed by atoms with E-state index in [0.717, 1.165) is 22.8 Å². The van der Waals surface area contributed by atoms with Gasteiger partial charge in [0.1, 0.15) is 21.5 Å². The second-order valence-corrected chi connectivity index (χ2v) is 7.77. The molecule has 0 atom stereocenters. The van der Waals surface area contributed by atoms with E-state index in [-0.39, 0.29) is 25.2 Å². The van der Waals surface area contributed by atoms with Crippen molar-refractivity contribution < 1.29 is 23.1 Å². The van der Waals surface area contributed by atoms with Crippen LogP contribution in [0, 0.1) is 6.92 Å². The number of hydrogen-bond donors (Lipinski definition) is 1. The summed E-state index contributed by atoms with van der Waals surface area (Å²) in [5.74, 6) is -0.158. The van der Waals surface area contributed by atoms with Crippen LogP contribution in [0.2, 0.25) is 0 Å². The van der Waals surface area contributed by atoms with Crippen LogP contribution >= 0.6 is 22.7 Å². The Morgan fingerprint density at radius 2 is 1.96 bits per heavy atom. The molecule has 0 amide bonds. The molecular weight excluding hydrogens is 399 g/mol. The van der Waals surface area contributed by atoms with Crippen molar-refractivity contribution in [1.29, 1.82) is 0 Å². The van der Waals surface area contributed by atoms with Gasteiger partial charge >= 0.3 is 6.18 Å². The van der Waals surface area contributed by atoms with Gasteiger partial charge in [0.25, 0.3) is 0 Å². The van der Waals surface area contributed by atoms with E-state index in [4.69, 9.17) is 5.11 Å². The van der Waals surface area contributed by atoms with Gasteiger partial charge in [-0.2, -0.15) is 13.2 Å². The third-order valence-corrected chi connectivity index (χ3v) is 5.64. The smallest absolute Gasteiger partial charge is 0.389 e. The summed E-state index contributed by atoms with van der Waals surface area (Å²) in [5, 5.41) is 12.2. The van der Waals surface area contributed by atoms with Gasteiger partial charge in [-0.15, -0.1) is 22.7 Å². The van der Waals surface area contributed by atoms with E-state index in [9.17, 15) is 18.0 Å². The first kappa shape index (κ1) is 19.6. The molecule has 5 nitrogen and oxygen atoms in total. The Morgan fingerprint density at radius 3 is 2.56 bits per heavy atom. The Morgan fingerprint density at radius 1 is 1.19 bits per heavy atom. The minimum absolute atomic E-state index is 0.00566. The first-order valence-corrected chi connectivity index (χ1v) is 9.51. The van der Waals surface area contributed by atoms with Crippen molar-refractivity contribution in [2.75, 3.05) is 0 Å². The highest BCUT2D eigenvalue weighted by Crippen LogP contribution is 2.31. The number of nitrogens with zero attached hydrogens (tertiary/aromatic N) is 3. The maximum atomic E-state index is 12.5. The lowest BCUT2D eigenvalue weighted by Gasteiger charge is -2.06. The second kappa shape index (κ2) is 7.83. The average molecular weight is 413 g/mol. The summed E-state index contributed by atoms with van der Waals surface area (Å²) >= 11 is 2.68. The van der Waals surface area contributed by atoms with Gasteiger partial charge in [-0.3, -0.25) is 9.78 Å². The van der Waals surface area contributed by atoms with Crippen LogP contribution in [0.3, 0.4) is 0 Å². The number of hydrogen-bond acceptors (Lipinski definition) is 7. The Hall–Kier alpha value is -2.17. The fraction of sp³-hybridized carbons (Fsp3) is 0.294. The van der Waals surface area contributed by atoms with Gasteiger partial charge in [-0.05, 0) is 18.6 Å². The number of halogens is 3. The molecule has 1 N–H and O–H groups in total. The van der Waals surface area contributed by atoms with E-state index >= 15 is 0 Å². The minimum Gasteiger partial charge on any atom is -0.389 e. The summed E-state index contributed by atoms with van der Waals surface area (Å²) in [7, 11) is 0. The molecule has 10 heteroatoms. The first-order valence-electron chi connectivity index (χ1n) is 7.82. The van der Waals surface area contributed by atoms with E-state index in [1.807, 2.05) is 12.3 Å². The molecule has 0 unspecified atom stereocenters. The lowest BCUT2D eigenvalue weighted by molar-refractivity contribution is -0.141. The first-order chi connectivity index (χ1) is 12.8. The summed E-state index contributed by atoms with van der Waals surface area (Å²) in [5.41, 5.74) is 0.915. The topological polar surface area (TPSA) is 76.0 Å². The summed E-state index contributed by atoms with van der Waals surface area (Å²) in [4.78, 5) is 25.1. The molecule has 0 aliphatic carbocycles. The van der Waals surface area contributed by atoms with Crippen molar-refractivity contribution in [2.24, 2.45) is 0 Å². The number of ketones is 1. The number of aryl methyl sites for hydroxylation is 1. The van der Waals surface area contributed by atoms with Gasteiger partial charge in [-0.25, -0.2) is 9.97 Å². The van der Waals surface area contributed by atoms with E-state index in [1.54, 1.807) is 0 Å². The monoisotopic (exact) mass is 413 g/mol. The molecule has 3 heterocycles. The van der Waals surface area contributed by atoms with Crippen LogP contribution in [-0.4, -0.2) is 25.8 Å². The number of Topliss-reactive ketones (excluding diaryl/α,β-unsaturated/α-hetero) is 1. The molecule has 0 aromatic carbocycles.